The lowest BCUT2D eigenvalue weighted by molar-refractivity contribution is -0.121. The van der Waals surface area contributed by atoms with Crippen molar-refractivity contribution in [2.75, 3.05) is 0 Å². The summed E-state index contributed by atoms with van der Waals surface area (Å²) in [6.07, 6.45) is -0.667. The number of nitrogens with one attached hydrogen (secondary N) is 2. The first-order valence-electron chi connectivity index (χ1n) is 8.12. The Balaban J connectivity index is 2.96. The van der Waals surface area contributed by atoms with Gasteiger partial charge in [0.25, 0.3) is 15.9 Å². The number of carbonyl (C=O) groups is 2. The first-order valence-corrected chi connectivity index (χ1v) is 9.61. The molecule has 146 valence electrons. The van der Waals surface area contributed by atoms with Crippen molar-refractivity contribution in [1.82, 2.24) is 10.0 Å². The maximum atomic E-state index is 13.7. The van der Waals surface area contributed by atoms with Crippen LogP contribution >= 0.6 is 0 Å². The summed E-state index contributed by atoms with van der Waals surface area (Å²) in [5.74, 6) is -1.96. The van der Waals surface area contributed by atoms with E-state index in [1.165, 1.54) is 12.1 Å². The van der Waals surface area contributed by atoms with Gasteiger partial charge in [-0.2, -0.15) is 0 Å². The van der Waals surface area contributed by atoms with Gasteiger partial charge in [-0.05, 0) is 45.2 Å². The predicted octanol–water partition coefficient (Wildman–Crippen LogP) is 2.57. The Morgan fingerprint density at radius 3 is 2.27 bits per heavy atom. The van der Waals surface area contributed by atoms with E-state index in [-0.39, 0.29) is 12.3 Å². The highest BCUT2D eigenvalue weighted by Crippen LogP contribution is 2.14. The number of halogens is 1. The molecule has 0 spiro atoms. The fraction of sp³-hybridized carbons (Fsp3) is 0.529. The van der Waals surface area contributed by atoms with Gasteiger partial charge in [0.2, 0.25) is 0 Å². The largest absolute Gasteiger partial charge is 0.444 e. The van der Waals surface area contributed by atoms with E-state index in [0.29, 0.717) is 0 Å². The molecule has 0 bridgehead atoms. The molecule has 0 saturated heterocycles. The molecule has 1 aromatic rings. The van der Waals surface area contributed by atoms with Gasteiger partial charge in [-0.1, -0.05) is 26.0 Å². The van der Waals surface area contributed by atoms with E-state index in [1.54, 1.807) is 20.8 Å². The second-order valence-corrected chi connectivity index (χ2v) is 8.88. The van der Waals surface area contributed by atoms with Crippen LogP contribution in [0.25, 0.3) is 0 Å². The molecule has 0 fully saturated rings. The normalized spacial score (nSPS) is 13.2. The number of amides is 2. The molecule has 0 aliphatic heterocycles. The number of benzene rings is 1. The lowest BCUT2D eigenvalue weighted by Crippen LogP contribution is -2.50. The smallest absolute Gasteiger partial charge is 0.408 e. The summed E-state index contributed by atoms with van der Waals surface area (Å²) in [4.78, 5) is 23.7. The Morgan fingerprint density at radius 1 is 1.19 bits per heavy atom. The molecule has 0 heterocycles. The Labute approximate surface area is 153 Å². The van der Waals surface area contributed by atoms with Gasteiger partial charge < -0.3 is 10.1 Å². The summed E-state index contributed by atoms with van der Waals surface area (Å²) in [5.41, 5.74) is -0.776. The zero-order chi connectivity index (χ0) is 20.1. The van der Waals surface area contributed by atoms with Crippen LogP contribution < -0.4 is 10.0 Å². The van der Waals surface area contributed by atoms with Crippen LogP contribution in [0.5, 0.6) is 0 Å². The van der Waals surface area contributed by atoms with Crippen molar-refractivity contribution in [2.24, 2.45) is 5.92 Å². The topological polar surface area (TPSA) is 102 Å². The molecule has 2 N–H and O–H groups in total. The van der Waals surface area contributed by atoms with Gasteiger partial charge in [0.05, 0.1) is 0 Å². The standard InChI is InChI=1S/C17H25FN2O5S/c1-11(2)10-13(19-16(22)25-17(3,4)5)15(21)20-26(23,24)14-9-7-6-8-12(14)18/h6-9,11,13H,10H2,1-5H3,(H,19,22)(H,20,21)/t13-/m0/s1. The van der Waals surface area contributed by atoms with Crippen molar-refractivity contribution in [1.29, 1.82) is 0 Å². The lowest BCUT2D eigenvalue weighted by Gasteiger charge is -2.24. The summed E-state index contributed by atoms with van der Waals surface area (Å²) in [6.45, 7) is 8.59. The van der Waals surface area contributed by atoms with Crippen LogP contribution in [0, 0.1) is 11.7 Å². The molecule has 0 radical (unpaired) electrons. The van der Waals surface area contributed by atoms with E-state index >= 15 is 0 Å². The third kappa shape index (κ3) is 6.99. The second-order valence-electron chi connectivity index (χ2n) is 7.23. The number of hydrogen-bond donors (Lipinski definition) is 2. The van der Waals surface area contributed by atoms with Crippen molar-refractivity contribution in [3.05, 3.63) is 30.1 Å². The molecule has 0 aliphatic carbocycles. The van der Waals surface area contributed by atoms with Crippen LogP contribution in [0.4, 0.5) is 9.18 Å². The quantitative estimate of drug-likeness (QED) is 0.780. The number of ether oxygens (including phenoxy) is 1. The highest BCUT2D eigenvalue weighted by molar-refractivity contribution is 7.90. The van der Waals surface area contributed by atoms with E-state index in [1.807, 2.05) is 18.6 Å². The maximum Gasteiger partial charge on any atom is 0.408 e. The van der Waals surface area contributed by atoms with Crippen molar-refractivity contribution in [3.8, 4) is 0 Å². The van der Waals surface area contributed by atoms with E-state index in [0.717, 1.165) is 12.1 Å². The van der Waals surface area contributed by atoms with Gasteiger partial charge >= 0.3 is 6.09 Å². The van der Waals surface area contributed by atoms with Gasteiger partial charge in [-0.15, -0.1) is 0 Å². The summed E-state index contributed by atoms with van der Waals surface area (Å²) in [5, 5.41) is 2.36. The van der Waals surface area contributed by atoms with Crippen molar-refractivity contribution < 1.29 is 27.1 Å². The van der Waals surface area contributed by atoms with E-state index in [2.05, 4.69) is 5.32 Å². The SMILES string of the molecule is CC(C)C[C@H](NC(=O)OC(C)(C)C)C(=O)NS(=O)(=O)c1ccccc1F. The van der Waals surface area contributed by atoms with Crippen molar-refractivity contribution in [3.63, 3.8) is 0 Å². The summed E-state index contributed by atoms with van der Waals surface area (Å²) >= 11 is 0. The Morgan fingerprint density at radius 2 is 1.77 bits per heavy atom. The van der Waals surface area contributed by atoms with Gasteiger partial charge in [0.1, 0.15) is 22.4 Å². The molecule has 1 rings (SSSR count). The van der Waals surface area contributed by atoms with Crippen LogP contribution in [0.15, 0.2) is 29.2 Å². The number of alkyl carbamates (subject to hydrolysis) is 1. The molecule has 7 nitrogen and oxygen atoms in total. The molecule has 1 aromatic carbocycles. The molecule has 9 heteroatoms. The average Bonchev–Trinajstić information content (AvgIpc) is 2.43. The third-order valence-electron chi connectivity index (χ3n) is 3.08. The monoisotopic (exact) mass is 388 g/mol. The molecule has 0 aromatic heterocycles. The summed E-state index contributed by atoms with van der Waals surface area (Å²) in [6, 6.07) is 3.55. The van der Waals surface area contributed by atoms with Crippen LogP contribution in [0.3, 0.4) is 0 Å². The first kappa shape index (κ1) is 21.9. The van der Waals surface area contributed by atoms with Crippen LogP contribution in [-0.4, -0.2) is 32.1 Å². The zero-order valence-corrected chi connectivity index (χ0v) is 16.3. The second kappa shape index (κ2) is 8.48. The number of carbonyl (C=O) groups excluding carboxylic acids is 2. The van der Waals surface area contributed by atoms with Crippen LogP contribution in [0.2, 0.25) is 0 Å². The summed E-state index contributed by atoms with van der Waals surface area (Å²) in [7, 11) is -4.41. The van der Waals surface area contributed by atoms with E-state index < -0.39 is 44.4 Å². The highest BCUT2D eigenvalue weighted by atomic mass is 32.2. The fourth-order valence-corrected chi connectivity index (χ4v) is 3.17. The number of rotatable bonds is 6. The number of hydrogen-bond acceptors (Lipinski definition) is 5. The molecular formula is C17H25FN2O5S. The Hall–Kier alpha value is -2.16. The molecule has 0 saturated carbocycles. The predicted molar refractivity (Wildman–Crippen MR) is 94.3 cm³/mol. The Kier molecular flexibility index (Phi) is 7.14. The minimum atomic E-state index is -4.41. The minimum Gasteiger partial charge on any atom is -0.444 e. The molecule has 26 heavy (non-hydrogen) atoms. The van der Waals surface area contributed by atoms with Gasteiger partial charge in [0.15, 0.2) is 0 Å². The van der Waals surface area contributed by atoms with Crippen LogP contribution in [0.1, 0.15) is 41.0 Å². The van der Waals surface area contributed by atoms with Gasteiger partial charge in [-0.25, -0.2) is 22.3 Å². The summed E-state index contributed by atoms with van der Waals surface area (Å²) < 4.78 is 45.1. The maximum absolute atomic E-state index is 13.7. The van der Waals surface area contributed by atoms with Gasteiger partial charge in [-0.3, -0.25) is 4.79 Å². The van der Waals surface area contributed by atoms with Crippen molar-refractivity contribution in [2.45, 2.75) is 57.6 Å². The fourth-order valence-electron chi connectivity index (χ4n) is 2.07. The van der Waals surface area contributed by atoms with Gasteiger partial charge in [0, 0.05) is 0 Å². The van der Waals surface area contributed by atoms with Crippen LogP contribution in [-0.2, 0) is 19.6 Å². The number of sulfonamides is 1. The van der Waals surface area contributed by atoms with Crippen molar-refractivity contribution >= 4 is 22.0 Å². The lowest BCUT2D eigenvalue weighted by atomic mass is 10.0. The highest BCUT2D eigenvalue weighted by Gasteiger charge is 2.29. The third-order valence-corrected chi connectivity index (χ3v) is 4.46. The molecular weight excluding hydrogens is 363 g/mol. The van der Waals surface area contributed by atoms with E-state index in [4.69, 9.17) is 4.74 Å². The minimum absolute atomic E-state index is 0.0168. The molecule has 0 aliphatic rings. The zero-order valence-electron chi connectivity index (χ0n) is 15.5. The van der Waals surface area contributed by atoms with E-state index in [9.17, 15) is 22.4 Å². The Bertz CT molecular complexity index is 757. The molecule has 1 atom stereocenters. The molecule has 2 amide bonds. The first-order chi connectivity index (χ1) is 11.8. The molecule has 0 unspecified atom stereocenters. The average molecular weight is 388 g/mol.